The maximum Gasteiger partial charge on any atom is 0.211 e. The minimum Gasteiger partial charge on any atom is -0.381 e. The molecule has 0 bridgehead atoms. The summed E-state index contributed by atoms with van der Waals surface area (Å²) in [5.41, 5.74) is 2.37. The maximum absolute atomic E-state index is 11.5. The van der Waals surface area contributed by atoms with Gasteiger partial charge in [0.2, 0.25) is 10.0 Å². The number of nitrogens with one attached hydrogen (secondary N) is 1. The van der Waals surface area contributed by atoms with E-state index in [1.54, 1.807) is 0 Å². The Labute approximate surface area is 115 Å². The zero-order valence-corrected chi connectivity index (χ0v) is 12.6. The van der Waals surface area contributed by atoms with Crippen LogP contribution in [0.3, 0.4) is 0 Å². The van der Waals surface area contributed by atoms with Crippen LogP contribution in [-0.4, -0.2) is 38.1 Å². The fourth-order valence-electron chi connectivity index (χ4n) is 2.37. The number of hydrogen-bond acceptors (Lipinski definition) is 3. The van der Waals surface area contributed by atoms with Gasteiger partial charge >= 0.3 is 0 Å². The Morgan fingerprint density at radius 1 is 1.37 bits per heavy atom. The van der Waals surface area contributed by atoms with Crippen molar-refractivity contribution in [2.45, 2.75) is 32.2 Å². The van der Waals surface area contributed by atoms with Crippen molar-refractivity contribution in [1.82, 2.24) is 4.31 Å². The summed E-state index contributed by atoms with van der Waals surface area (Å²) < 4.78 is 24.5. The molecule has 1 fully saturated rings. The van der Waals surface area contributed by atoms with Gasteiger partial charge in [-0.2, -0.15) is 0 Å². The third-order valence-electron chi connectivity index (χ3n) is 3.54. The molecule has 0 saturated carbocycles. The molecule has 1 heterocycles. The van der Waals surface area contributed by atoms with Gasteiger partial charge in [-0.1, -0.05) is 26.0 Å². The first-order valence-electron chi connectivity index (χ1n) is 6.68. The Kier molecular flexibility index (Phi) is 4.16. The summed E-state index contributed by atoms with van der Waals surface area (Å²) in [6.07, 6.45) is 2.13. The van der Waals surface area contributed by atoms with Gasteiger partial charge in [0.05, 0.1) is 6.26 Å². The Balaban J connectivity index is 2.01. The molecule has 1 aliphatic heterocycles. The summed E-state index contributed by atoms with van der Waals surface area (Å²) in [7, 11) is -3.06. The van der Waals surface area contributed by atoms with Crippen LogP contribution in [0.5, 0.6) is 0 Å². The lowest BCUT2D eigenvalue weighted by Gasteiger charge is -2.16. The lowest BCUT2D eigenvalue weighted by Crippen LogP contribution is -2.30. The minimum absolute atomic E-state index is 0.206. The van der Waals surface area contributed by atoms with Crippen LogP contribution in [0.4, 0.5) is 5.69 Å². The fourth-order valence-corrected chi connectivity index (χ4v) is 3.26. The molecular formula is C14H22N2O2S. The second-order valence-electron chi connectivity index (χ2n) is 5.53. The molecule has 0 aromatic heterocycles. The summed E-state index contributed by atoms with van der Waals surface area (Å²) >= 11 is 0. The molecule has 1 aromatic carbocycles. The van der Waals surface area contributed by atoms with Crippen molar-refractivity contribution in [2.24, 2.45) is 0 Å². The van der Waals surface area contributed by atoms with Crippen LogP contribution in [0, 0.1) is 0 Å². The van der Waals surface area contributed by atoms with E-state index in [1.165, 1.54) is 16.1 Å². The highest BCUT2D eigenvalue weighted by Gasteiger charge is 2.28. The van der Waals surface area contributed by atoms with Crippen LogP contribution in [0.15, 0.2) is 24.3 Å². The molecule has 4 nitrogen and oxygen atoms in total. The molecular weight excluding hydrogens is 260 g/mol. The highest BCUT2D eigenvalue weighted by atomic mass is 32.2. The Hall–Kier alpha value is -1.07. The monoisotopic (exact) mass is 282 g/mol. The smallest absolute Gasteiger partial charge is 0.211 e. The second-order valence-corrected chi connectivity index (χ2v) is 7.51. The van der Waals surface area contributed by atoms with Crippen molar-refractivity contribution in [3.05, 3.63) is 29.8 Å². The van der Waals surface area contributed by atoms with E-state index in [4.69, 9.17) is 0 Å². The Morgan fingerprint density at radius 3 is 2.68 bits per heavy atom. The molecule has 1 saturated heterocycles. The van der Waals surface area contributed by atoms with Gasteiger partial charge in [-0.05, 0) is 30.0 Å². The molecule has 106 valence electrons. The van der Waals surface area contributed by atoms with Gasteiger partial charge in [0.1, 0.15) is 0 Å². The highest BCUT2D eigenvalue weighted by molar-refractivity contribution is 7.88. The number of nitrogens with zero attached hydrogens (tertiary/aromatic N) is 1. The maximum atomic E-state index is 11.5. The predicted octanol–water partition coefficient (Wildman–Crippen LogP) is 2.26. The normalized spacial score (nSPS) is 20.9. The van der Waals surface area contributed by atoms with Crippen LogP contribution in [0.1, 0.15) is 31.7 Å². The molecule has 2 rings (SSSR count). The average molecular weight is 282 g/mol. The number of benzene rings is 1. The lowest BCUT2D eigenvalue weighted by atomic mass is 10.0. The van der Waals surface area contributed by atoms with Crippen LogP contribution < -0.4 is 5.32 Å². The van der Waals surface area contributed by atoms with Crippen molar-refractivity contribution in [2.75, 3.05) is 24.7 Å². The largest absolute Gasteiger partial charge is 0.381 e. The zero-order chi connectivity index (χ0) is 14.0. The number of anilines is 1. The average Bonchev–Trinajstić information content (AvgIpc) is 2.77. The standard InChI is InChI=1S/C14H22N2O2S/c1-11(2)12-5-4-6-13(9-12)15-14-7-8-16(10-14)19(3,17)18/h4-6,9,11,14-15H,7-8,10H2,1-3H3. The SMILES string of the molecule is CC(C)c1cccc(NC2CCN(S(C)(=O)=O)C2)c1. The molecule has 1 aliphatic rings. The molecule has 0 spiro atoms. The van der Waals surface area contributed by atoms with Gasteiger partial charge in [-0.3, -0.25) is 0 Å². The first kappa shape index (κ1) is 14.3. The molecule has 1 unspecified atom stereocenters. The van der Waals surface area contributed by atoms with E-state index in [9.17, 15) is 8.42 Å². The topological polar surface area (TPSA) is 49.4 Å². The third-order valence-corrected chi connectivity index (χ3v) is 4.81. The Morgan fingerprint density at radius 2 is 2.11 bits per heavy atom. The van der Waals surface area contributed by atoms with Gasteiger partial charge in [0.25, 0.3) is 0 Å². The molecule has 0 radical (unpaired) electrons. The third kappa shape index (κ3) is 3.70. The molecule has 1 N–H and O–H groups in total. The van der Waals surface area contributed by atoms with E-state index in [1.807, 2.05) is 12.1 Å². The van der Waals surface area contributed by atoms with Gasteiger partial charge in [0.15, 0.2) is 0 Å². The molecule has 0 amide bonds. The lowest BCUT2D eigenvalue weighted by molar-refractivity contribution is 0.480. The molecule has 5 heteroatoms. The van der Waals surface area contributed by atoms with Gasteiger partial charge in [-0.15, -0.1) is 0 Å². The van der Waals surface area contributed by atoms with Crippen LogP contribution in [-0.2, 0) is 10.0 Å². The molecule has 19 heavy (non-hydrogen) atoms. The first-order valence-corrected chi connectivity index (χ1v) is 8.52. The highest BCUT2D eigenvalue weighted by Crippen LogP contribution is 2.21. The first-order chi connectivity index (χ1) is 8.86. The van der Waals surface area contributed by atoms with E-state index >= 15 is 0 Å². The summed E-state index contributed by atoms with van der Waals surface area (Å²) in [4.78, 5) is 0. The summed E-state index contributed by atoms with van der Waals surface area (Å²) in [6.45, 7) is 5.51. The van der Waals surface area contributed by atoms with E-state index in [2.05, 4.69) is 31.3 Å². The van der Waals surface area contributed by atoms with Crippen molar-refractivity contribution in [1.29, 1.82) is 0 Å². The van der Waals surface area contributed by atoms with E-state index in [0.717, 1.165) is 12.1 Å². The van der Waals surface area contributed by atoms with Gasteiger partial charge < -0.3 is 5.32 Å². The zero-order valence-electron chi connectivity index (χ0n) is 11.8. The summed E-state index contributed by atoms with van der Waals surface area (Å²) in [6, 6.07) is 8.55. The quantitative estimate of drug-likeness (QED) is 0.921. The van der Waals surface area contributed by atoms with Gasteiger partial charge in [0, 0.05) is 24.8 Å². The van der Waals surface area contributed by atoms with E-state index in [-0.39, 0.29) is 6.04 Å². The fraction of sp³-hybridized carbons (Fsp3) is 0.571. The van der Waals surface area contributed by atoms with Crippen LogP contribution in [0.25, 0.3) is 0 Å². The van der Waals surface area contributed by atoms with E-state index < -0.39 is 10.0 Å². The summed E-state index contributed by atoms with van der Waals surface area (Å²) in [5.74, 6) is 0.498. The molecule has 1 atom stereocenters. The Bertz CT molecular complexity index is 540. The predicted molar refractivity (Wildman–Crippen MR) is 79.0 cm³/mol. The second kappa shape index (κ2) is 5.51. The van der Waals surface area contributed by atoms with Crippen molar-refractivity contribution in [3.8, 4) is 0 Å². The van der Waals surface area contributed by atoms with Crippen molar-refractivity contribution < 1.29 is 8.42 Å². The van der Waals surface area contributed by atoms with Crippen LogP contribution >= 0.6 is 0 Å². The number of rotatable bonds is 4. The number of hydrogen-bond donors (Lipinski definition) is 1. The van der Waals surface area contributed by atoms with Crippen molar-refractivity contribution in [3.63, 3.8) is 0 Å². The number of sulfonamides is 1. The minimum atomic E-state index is -3.06. The molecule has 0 aliphatic carbocycles. The summed E-state index contributed by atoms with van der Waals surface area (Å²) in [5, 5.41) is 3.43. The van der Waals surface area contributed by atoms with Crippen LogP contribution in [0.2, 0.25) is 0 Å². The van der Waals surface area contributed by atoms with E-state index in [0.29, 0.717) is 19.0 Å². The van der Waals surface area contributed by atoms with Crippen molar-refractivity contribution >= 4 is 15.7 Å². The molecule has 1 aromatic rings. The van der Waals surface area contributed by atoms with Gasteiger partial charge in [-0.25, -0.2) is 12.7 Å².